The molecule has 0 atom stereocenters. The molecule has 0 spiro atoms. The number of H-pyrrole nitrogens is 1. The van der Waals surface area contributed by atoms with Gasteiger partial charge in [-0.05, 0) is 17.7 Å². The number of phenols is 1. The van der Waals surface area contributed by atoms with Crippen LogP contribution in [0.5, 0.6) is 5.75 Å². The van der Waals surface area contributed by atoms with Crippen LogP contribution in [0.3, 0.4) is 0 Å². The van der Waals surface area contributed by atoms with E-state index in [1.54, 1.807) is 24.5 Å². The first-order chi connectivity index (χ1) is 12.2. The van der Waals surface area contributed by atoms with Gasteiger partial charge in [0.1, 0.15) is 17.9 Å². The van der Waals surface area contributed by atoms with Crippen LogP contribution in [0, 0.1) is 0 Å². The average Bonchev–Trinajstić information content (AvgIpc) is 2.65. The van der Waals surface area contributed by atoms with Crippen LogP contribution in [-0.2, 0) is 19.5 Å². The third kappa shape index (κ3) is 3.27. The summed E-state index contributed by atoms with van der Waals surface area (Å²) in [5.74, 6) is 0.766. The molecule has 3 heterocycles. The van der Waals surface area contributed by atoms with Crippen molar-refractivity contribution in [1.82, 2.24) is 24.8 Å². The first-order valence-corrected chi connectivity index (χ1v) is 8.07. The molecule has 1 aromatic carbocycles. The summed E-state index contributed by atoms with van der Waals surface area (Å²) in [4.78, 5) is 30.1. The lowest BCUT2D eigenvalue weighted by atomic mass is 10.1. The number of hydrogen-bond acceptors (Lipinski definition) is 6. The van der Waals surface area contributed by atoms with Crippen LogP contribution < -0.4 is 5.56 Å². The monoisotopic (exact) mass is 335 g/mol. The van der Waals surface area contributed by atoms with Gasteiger partial charge in [-0.2, -0.15) is 0 Å². The third-order valence-corrected chi connectivity index (χ3v) is 4.32. The van der Waals surface area contributed by atoms with E-state index >= 15 is 0 Å². The molecule has 1 aliphatic rings. The molecule has 7 nitrogen and oxygen atoms in total. The predicted octanol–water partition coefficient (Wildman–Crippen LogP) is 1.49. The maximum atomic E-state index is 12.5. The van der Waals surface area contributed by atoms with Crippen molar-refractivity contribution in [3.63, 3.8) is 0 Å². The van der Waals surface area contributed by atoms with Crippen molar-refractivity contribution >= 4 is 0 Å². The van der Waals surface area contributed by atoms with Gasteiger partial charge in [0, 0.05) is 38.4 Å². The number of hydrogen-bond donors (Lipinski definition) is 2. The predicted molar refractivity (Wildman–Crippen MR) is 91.8 cm³/mol. The molecule has 0 radical (unpaired) electrons. The Labute approximate surface area is 144 Å². The van der Waals surface area contributed by atoms with Crippen molar-refractivity contribution in [1.29, 1.82) is 0 Å². The summed E-state index contributed by atoms with van der Waals surface area (Å²) in [7, 11) is 0. The molecule has 3 aromatic rings. The molecular weight excluding hydrogens is 318 g/mol. The van der Waals surface area contributed by atoms with E-state index in [-0.39, 0.29) is 11.3 Å². The fourth-order valence-corrected chi connectivity index (χ4v) is 3.03. The van der Waals surface area contributed by atoms with E-state index in [0.29, 0.717) is 23.5 Å². The second-order valence-electron chi connectivity index (χ2n) is 6.09. The number of aromatic nitrogens is 4. The number of aromatic hydroxyl groups is 1. The van der Waals surface area contributed by atoms with Crippen molar-refractivity contribution < 1.29 is 5.11 Å². The maximum Gasteiger partial charge on any atom is 0.255 e. The second kappa shape index (κ2) is 6.45. The van der Waals surface area contributed by atoms with Gasteiger partial charge in [-0.3, -0.25) is 9.69 Å². The third-order valence-electron chi connectivity index (χ3n) is 4.32. The van der Waals surface area contributed by atoms with Crippen molar-refractivity contribution in [2.75, 3.05) is 6.54 Å². The summed E-state index contributed by atoms with van der Waals surface area (Å²) in [6, 6.07) is 7.14. The molecule has 0 fully saturated rings. The van der Waals surface area contributed by atoms with E-state index in [1.807, 2.05) is 12.1 Å². The summed E-state index contributed by atoms with van der Waals surface area (Å²) >= 11 is 0. The number of rotatable bonds is 3. The number of phenolic OH excluding ortho intramolecular Hbond substituents is 1. The summed E-state index contributed by atoms with van der Waals surface area (Å²) in [5.41, 5.74) is 3.24. The lowest BCUT2D eigenvalue weighted by molar-refractivity contribution is 0.242. The number of nitrogens with one attached hydrogen (secondary N) is 1. The lowest BCUT2D eigenvalue weighted by Crippen LogP contribution is -2.35. The molecular formula is C18H17N5O2. The largest absolute Gasteiger partial charge is 0.508 e. The standard InChI is InChI=1S/C18H17N5O2/c24-14-3-1-12(2-4-14)9-23-6-5-16-15(10-23)18(25)22-17(21-16)13-7-19-11-20-8-13/h1-4,7-8,11,24H,5-6,9-10H2,(H,21,22,25). The highest BCUT2D eigenvalue weighted by Gasteiger charge is 2.21. The molecule has 0 amide bonds. The van der Waals surface area contributed by atoms with E-state index in [0.717, 1.165) is 30.8 Å². The Bertz CT molecular complexity index is 938. The molecule has 0 aliphatic carbocycles. The molecule has 1 aliphatic heterocycles. The summed E-state index contributed by atoms with van der Waals surface area (Å²) in [5, 5.41) is 9.37. The van der Waals surface area contributed by atoms with Crippen LogP contribution in [0.1, 0.15) is 16.8 Å². The number of nitrogens with zero attached hydrogens (tertiary/aromatic N) is 4. The topological polar surface area (TPSA) is 95.0 Å². The lowest BCUT2D eigenvalue weighted by Gasteiger charge is -2.27. The maximum absolute atomic E-state index is 12.5. The quantitative estimate of drug-likeness (QED) is 0.753. The van der Waals surface area contributed by atoms with Gasteiger partial charge in [0.25, 0.3) is 5.56 Å². The first-order valence-electron chi connectivity index (χ1n) is 8.07. The number of aromatic amines is 1. The fraction of sp³-hybridized carbons (Fsp3) is 0.222. The highest BCUT2D eigenvalue weighted by Crippen LogP contribution is 2.20. The fourth-order valence-electron chi connectivity index (χ4n) is 3.03. The van der Waals surface area contributed by atoms with E-state index in [2.05, 4.69) is 24.8 Å². The van der Waals surface area contributed by atoms with Gasteiger partial charge >= 0.3 is 0 Å². The zero-order valence-corrected chi connectivity index (χ0v) is 13.5. The highest BCUT2D eigenvalue weighted by atomic mass is 16.3. The Kier molecular flexibility index (Phi) is 3.99. The Morgan fingerprint density at radius 1 is 1.16 bits per heavy atom. The minimum atomic E-state index is -0.112. The van der Waals surface area contributed by atoms with Crippen molar-refractivity contribution in [2.45, 2.75) is 19.5 Å². The number of benzene rings is 1. The molecule has 0 saturated heterocycles. The van der Waals surface area contributed by atoms with Crippen LogP contribution >= 0.6 is 0 Å². The van der Waals surface area contributed by atoms with Crippen LogP contribution in [0.2, 0.25) is 0 Å². The Hall–Kier alpha value is -3.06. The zero-order chi connectivity index (χ0) is 17.2. The van der Waals surface area contributed by atoms with Gasteiger partial charge in [-0.1, -0.05) is 12.1 Å². The smallest absolute Gasteiger partial charge is 0.255 e. The SMILES string of the molecule is O=c1[nH]c(-c2cncnc2)nc2c1CN(Cc1ccc(O)cc1)CC2. The normalized spacial score (nSPS) is 14.2. The molecule has 0 unspecified atom stereocenters. The van der Waals surface area contributed by atoms with Crippen molar-refractivity contribution in [3.05, 3.63) is 70.2 Å². The zero-order valence-electron chi connectivity index (χ0n) is 13.5. The van der Waals surface area contributed by atoms with Gasteiger partial charge in [-0.25, -0.2) is 15.0 Å². The molecule has 2 N–H and O–H groups in total. The molecule has 2 aromatic heterocycles. The van der Waals surface area contributed by atoms with E-state index < -0.39 is 0 Å². The molecule has 0 saturated carbocycles. The van der Waals surface area contributed by atoms with E-state index in [4.69, 9.17) is 0 Å². The minimum Gasteiger partial charge on any atom is -0.508 e. The molecule has 4 rings (SSSR count). The van der Waals surface area contributed by atoms with Gasteiger partial charge in [0.15, 0.2) is 0 Å². The van der Waals surface area contributed by atoms with Gasteiger partial charge in [-0.15, -0.1) is 0 Å². The Balaban J connectivity index is 1.57. The number of fused-ring (bicyclic) bond motifs is 1. The van der Waals surface area contributed by atoms with Gasteiger partial charge < -0.3 is 10.1 Å². The second-order valence-corrected chi connectivity index (χ2v) is 6.09. The van der Waals surface area contributed by atoms with E-state index in [1.165, 1.54) is 6.33 Å². The molecule has 0 bridgehead atoms. The van der Waals surface area contributed by atoms with Crippen LogP contribution in [0.25, 0.3) is 11.4 Å². The molecule has 7 heteroatoms. The van der Waals surface area contributed by atoms with Crippen LogP contribution in [0.4, 0.5) is 0 Å². The van der Waals surface area contributed by atoms with Crippen LogP contribution in [-0.4, -0.2) is 36.5 Å². The van der Waals surface area contributed by atoms with Gasteiger partial charge in [0.2, 0.25) is 0 Å². The van der Waals surface area contributed by atoms with Crippen molar-refractivity contribution in [3.8, 4) is 17.1 Å². The molecule has 126 valence electrons. The van der Waals surface area contributed by atoms with Crippen molar-refractivity contribution in [2.24, 2.45) is 0 Å². The molecule has 25 heavy (non-hydrogen) atoms. The minimum absolute atomic E-state index is 0.112. The van der Waals surface area contributed by atoms with Gasteiger partial charge in [0.05, 0.1) is 16.8 Å². The van der Waals surface area contributed by atoms with E-state index in [9.17, 15) is 9.90 Å². The van der Waals surface area contributed by atoms with Crippen LogP contribution in [0.15, 0.2) is 47.8 Å². The Morgan fingerprint density at radius 3 is 2.68 bits per heavy atom. The highest BCUT2D eigenvalue weighted by molar-refractivity contribution is 5.52. The average molecular weight is 335 g/mol. The first kappa shape index (κ1) is 15.5. The summed E-state index contributed by atoms with van der Waals surface area (Å²) < 4.78 is 0. The Morgan fingerprint density at radius 2 is 1.92 bits per heavy atom. The summed E-state index contributed by atoms with van der Waals surface area (Å²) in [6.45, 7) is 2.12. The summed E-state index contributed by atoms with van der Waals surface area (Å²) in [6.07, 6.45) is 5.44.